The van der Waals surface area contributed by atoms with Crippen molar-refractivity contribution in [2.24, 2.45) is 5.41 Å². The molecule has 0 aromatic rings. The molecule has 2 fully saturated rings. The van der Waals surface area contributed by atoms with Crippen LogP contribution in [0.5, 0.6) is 0 Å². The molecule has 2 rings (SSSR count). The first-order chi connectivity index (χ1) is 6.11. The summed E-state index contributed by atoms with van der Waals surface area (Å²) in [4.78, 5) is 2.28. The van der Waals surface area contributed by atoms with E-state index in [0.29, 0.717) is 18.4 Å². The van der Waals surface area contributed by atoms with E-state index in [1.807, 2.05) is 0 Å². The van der Waals surface area contributed by atoms with Crippen molar-refractivity contribution in [3.05, 3.63) is 11.7 Å². The van der Waals surface area contributed by atoms with Crippen LogP contribution in [0.15, 0.2) is 11.7 Å². The van der Waals surface area contributed by atoms with Crippen molar-refractivity contribution in [3.63, 3.8) is 0 Å². The molecule has 0 aromatic carbocycles. The van der Waals surface area contributed by atoms with Crippen molar-refractivity contribution < 1.29 is 8.78 Å². The summed E-state index contributed by atoms with van der Waals surface area (Å²) in [6, 6.07) is 0. The lowest BCUT2D eigenvalue weighted by molar-refractivity contribution is 0.0773. The van der Waals surface area contributed by atoms with Crippen LogP contribution < -0.4 is 0 Å². The zero-order chi connectivity index (χ0) is 9.47. The lowest BCUT2D eigenvalue weighted by Crippen LogP contribution is -2.43. The third kappa shape index (κ3) is 1.62. The van der Waals surface area contributed by atoms with Crippen molar-refractivity contribution in [1.29, 1.82) is 0 Å². The first-order valence-corrected chi connectivity index (χ1v) is 4.83. The van der Waals surface area contributed by atoms with Crippen molar-refractivity contribution in [2.45, 2.75) is 25.7 Å². The highest BCUT2D eigenvalue weighted by Gasteiger charge is 2.43. The van der Waals surface area contributed by atoms with Crippen molar-refractivity contribution in [1.82, 2.24) is 4.90 Å². The van der Waals surface area contributed by atoms with Crippen LogP contribution in [0, 0.1) is 5.41 Å². The SMILES string of the molecule is CN1CCC2(CC1)CC(=C(F)F)C2. The van der Waals surface area contributed by atoms with Gasteiger partial charge >= 0.3 is 0 Å². The second kappa shape index (κ2) is 3.05. The van der Waals surface area contributed by atoms with Crippen molar-refractivity contribution in [2.75, 3.05) is 20.1 Å². The normalized spacial score (nSPS) is 27.5. The van der Waals surface area contributed by atoms with Crippen LogP contribution in [-0.2, 0) is 0 Å². The minimum Gasteiger partial charge on any atom is -0.306 e. The molecule has 0 N–H and O–H groups in total. The maximum Gasteiger partial charge on any atom is 0.269 e. The number of piperidine rings is 1. The molecule has 74 valence electrons. The van der Waals surface area contributed by atoms with Crippen LogP contribution >= 0.6 is 0 Å². The van der Waals surface area contributed by atoms with Crippen LogP contribution in [0.4, 0.5) is 8.78 Å². The Morgan fingerprint density at radius 2 is 1.77 bits per heavy atom. The zero-order valence-electron chi connectivity index (χ0n) is 7.95. The van der Waals surface area contributed by atoms with Gasteiger partial charge in [-0.05, 0) is 56.8 Å². The van der Waals surface area contributed by atoms with Gasteiger partial charge in [-0.1, -0.05) is 0 Å². The molecule has 1 heterocycles. The summed E-state index contributed by atoms with van der Waals surface area (Å²) in [5, 5.41) is 0. The highest BCUT2D eigenvalue weighted by atomic mass is 19.3. The van der Waals surface area contributed by atoms with E-state index in [1.54, 1.807) is 0 Å². The van der Waals surface area contributed by atoms with Crippen LogP contribution in [0.25, 0.3) is 0 Å². The Kier molecular flexibility index (Phi) is 2.14. The van der Waals surface area contributed by atoms with Gasteiger partial charge < -0.3 is 4.90 Å². The first kappa shape index (κ1) is 9.13. The molecule has 0 bridgehead atoms. The molecule has 1 aliphatic heterocycles. The van der Waals surface area contributed by atoms with E-state index in [0.717, 1.165) is 25.9 Å². The summed E-state index contributed by atoms with van der Waals surface area (Å²) in [5.41, 5.74) is 0.662. The summed E-state index contributed by atoms with van der Waals surface area (Å²) in [6.45, 7) is 2.14. The van der Waals surface area contributed by atoms with Gasteiger partial charge in [-0.15, -0.1) is 0 Å². The van der Waals surface area contributed by atoms with Gasteiger partial charge in [0.05, 0.1) is 0 Å². The van der Waals surface area contributed by atoms with Gasteiger partial charge in [0.2, 0.25) is 0 Å². The molecule has 2 aliphatic rings. The molecule has 3 heteroatoms. The molecule has 1 spiro atoms. The molecule has 13 heavy (non-hydrogen) atoms. The lowest BCUT2D eigenvalue weighted by Gasteiger charge is -2.48. The van der Waals surface area contributed by atoms with Gasteiger partial charge in [0.15, 0.2) is 0 Å². The van der Waals surface area contributed by atoms with E-state index >= 15 is 0 Å². The van der Waals surface area contributed by atoms with E-state index in [1.165, 1.54) is 0 Å². The maximum absolute atomic E-state index is 12.2. The molecule has 1 saturated heterocycles. The minimum atomic E-state index is -1.43. The Labute approximate surface area is 77.4 Å². The molecular weight excluding hydrogens is 172 g/mol. The summed E-state index contributed by atoms with van der Waals surface area (Å²) >= 11 is 0. The molecule has 0 radical (unpaired) electrons. The molecule has 0 unspecified atom stereocenters. The molecule has 1 aliphatic carbocycles. The predicted molar refractivity (Wildman–Crippen MR) is 47.6 cm³/mol. The van der Waals surface area contributed by atoms with Crippen LogP contribution in [0.3, 0.4) is 0 Å². The molecule has 0 aromatic heterocycles. The van der Waals surface area contributed by atoms with Crippen molar-refractivity contribution >= 4 is 0 Å². The standard InChI is InChI=1S/C10H15F2N/c1-13-4-2-10(3-5-13)6-8(7-10)9(11)12/h2-7H2,1H3. The number of hydrogen-bond acceptors (Lipinski definition) is 1. The topological polar surface area (TPSA) is 3.24 Å². The third-order valence-electron chi connectivity index (χ3n) is 3.49. The smallest absolute Gasteiger partial charge is 0.269 e. The largest absolute Gasteiger partial charge is 0.306 e. The van der Waals surface area contributed by atoms with Crippen LogP contribution in [0.2, 0.25) is 0 Å². The highest BCUT2D eigenvalue weighted by Crippen LogP contribution is 2.53. The van der Waals surface area contributed by atoms with Gasteiger partial charge in [-0.3, -0.25) is 0 Å². The average Bonchev–Trinajstić information content (AvgIpc) is 2.02. The second-order valence-electron chi connectivity index (χ2n) is 4.52. The molecule has 0 atom stereocenters. The molecule has 1 nitrogen and oxygen atoms in total. The van der Waals surface area contributed by atoms with E-state index in [4.69, 9.17) is 0 Å². The van der Waals surface area contributed by atoms with Gasteiger partial charge in [-0.2, -0.15) is 8.78 Å². The number of likely N-dealkylation sites (tertiary alicyclic amines) is 1. The number of halogens is 2. The molecule has 1 saturated carbocycles. The summed E-state index contributed by atoms with van der Waals surface area (Å²) in [5.74, 6) is 0. The number of hydrogen-bond donors (Lipinski definition) is 0. The Morgan fingerprint density at radius 1 is 1.23 bits per heavy atom. The molecular formula is C10H15F2N. The summed E-state index contributed by atoms with van der Waals surface area (Å²) < 4.78 is 24.3. The summed E-state index contributed by atoms with van der Waals surface area (Å²) in [6.07, 6.45) is 2.08. The van der Waals surface area contributed by atoms with Crippen LogP contribution in [-0.4, -0.2) is 25.0 Å². The van der Waals surface area contributed by atoms with E-state index in [2.05, 4.69) is 11.9 Å². The highest BCUT2D eigenvalue weighted by molar-refractivity contribution is 5.20. The Bertz CT molecular complexity index is 225. The van der Waals surface area contributed by atoms with E-state index in [9.17, 15) is 8.78 Å². The van der Waals surface area contributed by atoms with E-state index < -0.39 is 6.08 Å². The summed E-state index contributed by atoms with van der Waals surface area (Å²) in [7, 11) is 2.10. The number of rotatable bonds is 0. The van der Waals surface area contributed by atoms with Gasteiger partial charge in [0.25, 0.3) is 6.08 Å². The Hall–Kier alpha value is -0.440. The molecule has 0 amide bonds. The fourth-order valence-electron chi connectivity index (χ4n) is 2.43. The quantitative estimate of drug-likeness (QED) is 0.563. The van der Waals surface area contributed by atoms with Crippen molar-refractivity contribution in [3.8, 4) is 0 Å². The van der Waals surface area contributed by atoms with Crippen LogP contribution in [0.1, 0.15) is 25.7 Å². The number of nitrogens with zero attached hydrogens (tertiary/aromatic N) is 1. The average molecular weight is 187 g/mol. The minimum absolute atomic E-state index is 0.255. The predicted octanol–water partition coefficient (Wildman–Crippen LogP) is 2.64. The fourth-order valence-corrected chi connectivity index (χ4v) is 2.43. The van der Waals surface area contributed by atoms with Gasteiger partial charge in [-0.25, -0.2) is 0 Å². The Balaban J connectivity index is 1.94. The zero-order valence-corrected chi connectivity index (χ0v) is 7.95. The maximum atomic E-state index is 12.2. The second-order valence-corrected chi connectivity index (χ2v) is 4.52. The fraction of sp³-hybridized carbons (Fsp3) is 0.800. The van der Waals surface area contributed by atoms with E-state index in [-0.39, 0.29) is 5.41 Å². The number of allylic oxidation sites excluding steroid dienone is 1. The Morgan fingerprint density at radius 3 is 2.23 bits per heavy atom. The third-order valence-corrected chi connectivity index (χ3v) is 3.49. The lowest BCUT2D eigenvalue weighted by atomic mass is 9.61. The van der Waals surface area contributed by atoms with Gasteiger partial charge in [0, 0.05) is 0 Å². The monoisotopic (exact) mass is 187 g/mol. The first-order valence-electron chi connectivity index (χ1n) is 4.83. The van der Waals surface area contributed by atoms with Gasteiger partial charge in [0.1, 0.15) is 0 Å².